The number of imide groups is 1. The zero-order valence-electron chi connectivity index (χ0n) is 26.4. The largest absolute Gasteiger partial charge is 0.479 e. The maximum Gasteiger partial charge on any atom is 0.339 e. The van der Waals surface area contributed by atoms with Gasteiger partial charge in [-0.25, -0.2) is 4.79 Å². The molecule has 2 aliphatic rings. The summed E-state index contributed by atoms with van der Waals surface area (Å²) in [6, 6.07) is 3.57. The van der Waals surface area contributed by atoms with E-state index in [-0.39, 0.29) is 12.8 Å². The molecule has 1 aromatic rings. The third-order valence-corrected chi connectivity index (χ3v) is 9.48. The van der Waals surface area contributed by atoms with Gasteiger partial charge >= 0.3 is 5.97 Å². The minimum Gasteiger partial charge on any atom is -0.479 e. The summed E-state index contributed by atoms with van der Waals surface area (Å²) in [5.41, 5.74) is 13.4. The van der Waals surface area contributed by atoms with Crippen molar-refractivity contribution >= 4 is 35.1 Å². The number of Topliss-reactive ketones (excluding diaryl/α,β-unsaturated/α-hetero) is 3. The van der Waals surface area contributed by atoms with Gasteiger partial charge in [0.25, 0.3) is 0 Å². The van der Waals surface area contributed by atoms with Crippen LogP contribution >= 0.6 is 0 Å². The average Bonchev–Trinajstić information content (AvgIpc) is 3.77. The van der Waals surface area contributed by atoms with Gasteiger partial charge in [0, 0.05) is 6.42 Å². The third-order valence-electron chi connectivity index (χ3n) is 9.48. The van der Waals surface area contributed by atoms with Crippen molar-refractivity contribution in [2.24, 2.45) is 28.5 Å². The van der Waals surface area contributed by atoms with E-state index in [1.165, 1.54) is 0 Å². The Hall–Kier alpha value is -3.36. The molecular formula is C32H48N6O7. The van der Waals surface area contributed by atoms with Crippen LogP contribution in [0.1, 0.15) is 64.9 Å². The zero-order chi connectivity index (χ0) is 33.5. The van der Waals surface area contributed by atoms with E-state index >= 15 is 0 Å². The highest BCUT2D eigenvalue weighted by Gasteiger charge is 2.71. The Morgan fingerprint density at radius 2 is 1.58 bits per heavy atom. The fourth-order valence-corrected chi connectivity index (χ4v) is 6.58. The Bertz CT molecular complexity index is 1260. The number of nitrogens with one attached hydrogen (secondary N) is 2. The van der Waals surface area contributed by atoms with E-state index in [9.17, 15) is 33.9 Å². The molecule has 248 valence electrons. The van der Waals surface area contributed by atoms with Gasteiger partial charge in [-0.15, -0.1) is 0 Å². The molecular weight excluding hydrogens is 580 g/mol. The molecule has 0 aromatic heterocycles. The van der Waals surface area contributed by atoms with Crippen molar-refractivity contribution in [2.75, 3.05) is 19.6 Å². The lowest BCUT2D eigenvalue weighted by atomic mass is 9.59. The highest BCUT2D eigenvalue weighted by atomic mass is 16.4. The lowest BCUT2D eigenvalue weighted by Gasteiger charge is -2.51. The summed E-state index contributed by atoms with van der Waals surface area (Å²) in [5, 5.41) is 17.3. The van der Waals surface area contributed by atoms with Crippen molar-refractivity contribution in [2.45, 2.75) is 95.4 Å². The second-order valence-corrected chi connectivity index (χ2v) is 12.5. The summed E-state index contributed by atoms with van der Waals surface area (Å²) >= 11 is 0. The number of nitrogens with two attached hydrogens (primary N) is 3. The first-order valence-corrected chi connectivity index (χ1v) is 15.7. The lowest BCUT2D eigenvalue weighted by Crippen LogP contribution is -2.79. The number of carboxylic acid groups (broad SMARTS) is 1. The molecule has 9 N–H and O–H groups in total. The Labute approximate surface area is 264 Å². The van der Waals surface area contributed by atoms with Crippen molar-refractivity contribution in [3.63, 3.8) is 0 Å². The van der Waals surface area contributed by atoms with Crippen LogP contribution in [-0.2, 0) is 35.2 Å². The molecule has 0 radical (unpaired) electrons. The number of ketones is 3. The van der Waals surface area contributed by atoms with Crippen LogP contribution in [0, 0.1) is 11.3 Å². The van der Waals surface area contributed by atoms with Gasteiger partial charge < -0.3 is 32.9 Å². The number of carbonyl (C=O) groups excluding carboxylic acids is 5. The molecule has 0 bridgehead atoms. The molecule has 13 heteroatoms. The molecule has 7 unspecified atom stereocenters. The molecule has 2 amide bonds. The fraction of sp³-hybridized carbons (Fsp3) is 0.625. The quantitative estimate of drug-likeness (QED) is 0.129. The van der Waals surface area contributed by atoms with Crippen LogP contribution in [0.4, 0.5) is 0 Å². The highest BCUT2D eigenvalue weighted by molar-refractivity contribution is 6.22. The first-order chi connectivity index (χ1) is 21.3. The van der Waals surface area contributed by atoms with Gasteiger partial charge in [-0.2, -0.15) is 0 Å². The maximum atomic E-state index is 14.9. The second kappa shape index (κ2) is 15.3. The number of amides is 2. The first kappa shape index (κ1) is 36.1. The van der Waals surface area contributed by atoms with Gasteiger partial charge in [-0.1, -0.05) is 50.6 Å². The normalized spacial score (nSPS) is 22.8. The van der Waals surface area contributed by atoms with E-state index in [0.29, 0.717) is 49.2 Å². The smallest absolute Gasteiger partial charge is 0.339 e. The molecule has 45 heavy (non-hydrogen) atoms. The van der Waals surface area contributed by atoms with Crippen LogP contribution in [0.3, 0.4) is 0 Å². The summed E-state index contributed by atoms with van der Waals surface area (Å²) < 4.78 is 0. The molecule has 13 nitrogen and oxygen atoms in total. The van der Waals surface area contributed by atoms with Crippen LogP contribution in [-0.4, -0.2) is 94.5 Å². The van der Waals surface area contributed by atoms with E-state index in [0.717, 1.165) is 6.92 Å². The summed E-state index contributed by atoms with van der Waals surface area (Å²) in [5.74, 6) is -7.43. The van der Waals surface area contributed by atoms with Crippen molar-refractivity contribution in [3.05, 3.63) is 35.9 Å². The van der Waals surface area contributed by atoms with Gasteiger partial charge in [0.1, 0.15) is 5.78 Å². The first-order valence-electron chi connectivity index (χ1n) is 15.7. The number of aliphatic carboxylic acids is 1. The third kappa shape index (κ3) is 7.07. The molecule has 0 saturated carbocycles. The Balaban J connectivity index is 2.42. The molecule has 3 rings (SSSR count). The molecule has 0 spiro atoms. The molecule has 2 aliphatic heterocycles. The Morgan fingerprint density at radius 3 is 2.07 bits per heavy atom. The standard InChI is InChI=1S/C32H48N6O7/c1-4-19(2)25(35)29(43)38(28(42)24-13-9-15-37-24)32(30(44)45,26(40)22(34)16-20-10-6-5-7-11-20)31(3,17-21(39)18-33)27(41)23-12-8-14-36-23/h5-7,10-11,19,22-25,36-37H,4,8-9,12-18,33-35H2,1-3H3,(H,44,45). The van der Waals surface area contributed by atoms with Gasteiger partial charge in [0.05, 0.1) is 36.1 Å². The predicted octanol–water partition coefficient (Wildman–Crippen LogP) is -0.325. The van der Waals surface area contributed by atoms with Gasteiger partial charge in [-0.3, -0.25) is 28.9 Å². The number of nitrogens with zero attached hydrogens (tertiary/aromatic N) is 1. The van der Waals surface area contributed by atoms with Crippen LogP contribution in [0.15, 0.2) is 30.3 Å². The van der Waals surface area contributed by atoms with Gasteiger partial charge in [-0.05, 0) is 63.6 Å². The summed E-state index contributed by atoms with van der Waals surface area (Å²) in [7, 11) is 0. The molecule has 2 fully saturated rings. The molecule has 2 saturated heterocycles. The van der Waals surface area contributed by atoms with E-state index in [1.807, 2.05) is 0 Å². The van der Waals surface area contributed by atoms with E-state index < -0.39 is 89.1 Å². The van der Waals surface area contributed by atoms with Gasteiger partial charge in [0.15, 0.2) is 11.6 Å². The topological polar surface area (TPSA) is 228 Å². The fourth-order valence-electron chi connectivity index (χ4n) is 6.58. The lowest BCUT2D eigenvalue weighted by molar-refractivity contribution is -0.185. The van der Waals surface area contributed by atoms with E-state index in [2.05, 4.69) is 10.6 Å². The van der Waals surface area contributed by atoms with Crippen LogP contribution in [0.2, 0.25) is 0 Å². The van der Waals surface area contributed by atoms with Crippen molar-refractivity contribution in [1.82, 2.24) is 15.5 Å². The van der Waals surface area contributed by atoms with Crippen molar-refractivity contribution < 1.29 is 33.9 Å². The number of hydrogen-bond donors (Lipinski definition) is 6. The summed E-state index contributed by atoms with van der Waals surface area (Å²) in [4.78, 5) is 86.0. The minimum absolute atomic E-state index is 0.166. The zero-order valence-corrected chi connectivity index (χ0v) is 26.4. The number of hydrogen-bond acceptors (Lipinski definition) is 11. The van der Waals surface area contributed by atoms with Crippen molar-refractivity contribution in [1.29, 1.82) is 0 Å². The average molecular weight is 629 g/mol. The van der Waals surface area contributed by atoms with Crippen LogP contribution in [0.5, 0.6) is 0 Å². The number of carboxylic acids is 1. The summed E-state index contributed by atoms with van der Waals surface area (Å²) in [6.07, 6.45) is 1.06. The monoisotopic (exact) mass is 628 g/mol. The highest BCUT2D eigenvalue weighted by Crippen LogP contribution is 2.45. The van der Waals surface area contributed by atoms with E-state index in [4.69, 9.17) is 17.2 Å². The van der Waals surface area contributed by atoms with Crippen LogP contribution < -0.4 is 27.8 Å². The number of rotatable bonds is 16. The van der Waals surface area contributed by atoms with Gasteiger partial charge in [0.2, 0.25) is 17.4 Å². The molecule has 2 heterocycles. The Kier molecular flexibility index (Phi) is 12.3. The SMILES string of the molecule is CCC(C)C(N)C(=O)N(C(=O)C1CCCN1)C(C(=O)O)(C(=O)C(N)Cc1ccccc1)C(C)(CC(=O)CN)C(=O)C1CCCN1. The van der Waals surface area contributed by atoms with Crippen LogP contribution in [0.25, 0.3) is 0 Å². The van der Waals surface area contributed by atoms with Crippen molar-refractivity contribution in [3.8, 4) is 0 Å². The molecule has 1 aromatic carbocycles. The summed E-state index contributed by atoms with van der Waals surface area (Å²) in [6.45, 7) is 4.87. The molecule has 7 atom stereocenters. The van der Waals surface area contributed by atoms with E-state index in [1.54, 1.807) is 44.2 Å². The second-order valence-electron chi connectivity index (χ2n) is 12.5. The Morgan fingerprint density at radius 1 is 1.00 bits per heavy atom. The number of carbonyl (C=O) groups is 6. The minimum atomic E-state index is -3.24. The molecule has 0 aliphatic carbocycles. The predicted molar refractivity (Wildman–Crippen MR) is 167 cm³/mol. The number of benzene rings is 1. The maximum absolute atomic E-state index is 14.9.